The molecule has 2 aromatic heterocycles. The van der Waals surface area contributed by atoms with Gasteiger partial charge < -0.3 is 14.6 Å². The lowest BCUT2D eigenvalue weighted by Gasteiger charge is -2.11. The van der Waals surface area contributed by atoms with E-state index in [1.165, 1.54) is 5.56 Å². The van der Waals surface area contributed by atoms with E-state index in [2.05, 4.69) is 33.0 Å². The van der Waals surface area contributed by atoms with Crippen LogP contribution < -0.4 is 5.32 Å². The van der Waals surface area contributed by atoms with Gasteiger partial charge in [-0.05, 0) is 13.3 Å². The molecule has 3 rings (SSSR count). The summed E-state index contributed by atoms with van der Waals surface area (Å²) < 4.78 is 7.71. The minimum atomic E-state index is 0.130. The van der Waals surface area contributed by atoms with Crippen LogP contribution in [0.2, 0.25) is 0 Å². The van der Waals surface area contributed by atoms with Crippen LogP contribution in [-0.2, 0) is 11.3 Å². The lowest BCUT2D eigenvalue weighted by molar-refractivity contribution is 0.100. The average molecular weight is 232 g/mol. The summed E-state index contributed by atoms with van der Waals surface area (Å²) in [6, 6.07) is 0. The summed E-state index contributed by atoms with van der Waals surface area (Å²) in [6.07, 6.45) is 4.85. The normalized spacial score (nSPS) is 19.1. The molecule has 0 spiro atoms. The van der Waals surface area contributed by atoms with Gasteiger partial charge in [0.2, 0.25) is 0 Å². The van der Waals surface area contributed by atoms with Crippen molar-refractivity contribution in [3.05, 3.63) is 18.1 Å². The van der Waals surface area contributed by atoms with Crippen LogP contribution in [0.25, 0.3) is 11.0 Å². The summed E-state index contributed by atoms with van der Waals surface area (Å²) in [5.41, 5.74) is 2.19. The van der Waals surface area contributed by atoms with Crippen LogP contribution in [0.15, 0.2) is 12.5 Å². The van der Waals surface area contributed by atoms with Crippen LogP contribution in [0.4, 0.5) is 5.82 Å². The Kier molecular flexibility index (Phi) is 2.48. The van der Waals surface area contributed by atoms with Crippen molar-refractivity contribution in [1.82, 2.24) is 14.5 Å². The van der Waals surface area contributed by atoms with E-state index in [0.717, 1.165) is 36.4 Å². The highest BCUT2D eigenvalue weighted by molar-refractivity contribution is 5.91. The van der Waals surface area contributed by atoms with Crippen molar-refractivity contribution in [3.8, 4) is 0 Å². The Balaban J connectivity index is 2.32. The van der Waals surface area contributed by atoms with Crippen molar-refractivity contribution in [1.29, 1.82) is 0 Å². The molecule has 1 atom stereocenters. The highest BCUT2D eigenvalue weighted by Crippen LogP contribution is 2.35. The van der Waals surface area contributed by atoms with Gasteiger partial charge in [0, 0.05) is 32.0 Å². The standard InChI is InChI=1S/C12H16N4O/c1-3-16-6-8-9(17-2)4-5-13-11-10(8)12(16)15-7-14-11/h6-7,9H,3-5H2,1-2H3,(H,13,14,15). The quantitative estimate of drug-likeness (QED) is 0.860. The van der Waals surface area contributed by atoms with E-state index in [1.54, 1.807) is 13.4 Å². The maximum Gasteiger partial charge on any atom is 0.145 e. The first-order chi connectivity index (χ1) is 8.35. The Morgan fingerprint density at radius 1 is 1.53 bits per heavy atom. The number of ether oxygens (including phenoxy) is 1. The predicted molar refractivity (Wildman–Crippen MR) is 66.1 cm³/mol. The maximum absolute atomic E-state index is 5.57. The van der Waals surface area contributed by atoms with Crippen molar-refractivity contribution in [2.45, 2.75) is 26.0 Å². The number of rotatable bonds is 2. The van der Waals surface area contributed by atoms with Crippen molar-refractivity contribution < 1.29 is 4.74 Å². The zero-order chi connectivity index (χ0) is 11.8. The molecule has 0 amide bonds. The van der Waals surface area contributed by atoms with Gasteiger partial charge >= 0.3 is 0 Å². The smallest absolute Gasteiger partial charge is 0.145 e. The molecule has 1 unspecified atom stereocenters. The molecule has 90 valence electrons. The first-order valence-corrected chi connectivity index (χ1v) is 5.95. The monoisotopic (exact) mass is 232 g/mol. The van der Waals surface area contributed by atoms with Crippen LogP contribution in [0.5, 0.6) is 0 Å². The third-order valence-electron chi connectivity index (χ3n) is 3.35. The highest BCUT2D eigenvalue weighted by Gasteiger charge is 2.23. The molecule has 2 aromatic rings. The van der Waals surface area contributed by atoms with E-state index in [9.17, 15) is 0 Å². The van der Waals surface area contributed by atoms with Crippen molar-refractivity contribution in [3.63, 3.8) is 0 Å². The molecule has 0 saturated heterocycles. The van der Waals surface area contributed by atoms with Crippen molar-refractivity contribution in [2.75, 3.05) is 19.0 Å². The molecule has 5 heteroatoms. The van der Waals surface area contributed by atoms with Gasteiger partial charge in [0.25, 0.3) is 0 Å². The number of anilines is 1. The van der Waals surface area contributed by atoms with Gasteiger partial charge in [-0.15, -0.1) is 0 Å². The van der Waals surface area contributed by atoms with Gasteiger partial charge in [-0.25, -0.2) is 9.97 Å². The molecule has 0 radical (unpaired) electrons. The second kappa shape index (κ2) is 4.00. The molecule has 17 heavy (non-hydrogen) atoms. The third kappa shape index (κ3) is 1.50. The third-order valence-corrected chi connectivity index (χ3v) is 3.35. The van der Waals surface area contributed by atoms with Gasteiger partial charge in [-0.1, -0.05) is 0 Å². The number of methoxy groups -OCH3 is 1. The molecule has 0 fully saturated rings. The first kappa shape index (κ1) is 10.5. The van der Waals surface area contributed by atoms with Crippen LogP contribution in [0.1, 0.15) is 25.0 Å². The molecule has 0 aliphatic carbocycles. The van der Waals surface area contributed by atoms with Crippen LogP contribution in [0.3, 0.4) is 0 Å². The largest absolute Gasteiger partial charge is 0.377 e. The average Bonchev–Trinajstić information content (AvgIpc) is 2.64. The van der Waals surface area contributed by atoms with Gasteiger partial charge in [-0.2, -0.15) is 0 Å². The fourth-order valence-electron chi connectivity index (χ4n) is 2.49. The predicted octanol–water partition coefficient (Wildman–Crippen LogP) is 1.95. The van der Waals surface area contributed by atoms with E-state index >= 15 is 0 Å². The molecular weight excluding hydrogens is 216 g/mol. The summed E-state index contributed by atoms with van der Waals surface area (Å²) >= 11 is 0. The van der Waals surface area contributed by atoms with Crippen molar-refractivity contribution >= 4 is 16.9 Å². The number of nitrogens with one attached hydrogen (secondary N) is 1. The SMILES string of the molecule is CCn1cc2c3c(ncnc31)NCCC2OC. The minimum Gasteiger partial charge on any atom is -0.377 e. The number of aromatic nitrogens is 3. The highest BCUT2D eigenvalue weighted by atomic mass is 16.5. The number of aryl methyl sites for hydroxylation is 1. The first-order valence-electron chi connectivity index (χ1n) is 5.95. The Morgan fingerprint density at radius 3 is 3.18 bits per heavy atom. The van der Waals surface area contributed by atoms with Crippen LogP contribution in [0, 0.1) is 0 Å². The fraction of sp³-hybridized carbons (Fsp3) is 0.500. The topological polar surface area (TPSA) is 52.0 Å². The second-order valence-corrected chi connectivity index (χ2v) is 4.23. The van der Waals surface area contributed by atoms with Gasteiger partial charge in [-0.3, -0.25) is 0 Å². The molecule has 5 nitrogen and oxygen atoms in total. The van der Waals surface area contributed by atoms with Crippen LogP contribution >= 0.6 is 0 Å². The number of hydrogen-bond donors (Lipinski definition) is 1. The van der Waals surface area contributed by atoms with Gasteiger partial charge in [0.15, 0.2) is 0 Å². The van der Waals surface area contributed by atoms with E-state index in [4.69, 9.17) is 4.74 Å². The van der Waals surface area contributed by atoms with E-state index < -0.39 is 0 Å². The summed E-state index contributed by atoms with van der Waals surface area (Å²) in [6.45, 7) is 3.90. The fourth-order valence-corrected chi connectivity index (χ4v) is 2.49. The van der Waals surface area contributed by atoms with E-state index in [-0.39, 0.29) is 6.10 Å². The molecule has 0 bridgehead atoms. The molecule has 0 saturated carbocycles. The molecule has 0 aromatic carbocycles. The van der Waals surface area contributed by atoms with Gasteiger partial charge in [0.05, 0.1) is 11.5 Å². The Hall–Kier alpha value is -1.62. The molecule has 1 aliphatic heterocycles. The van der Waals surface area contributed by atoms with Crippen molar-refractivity contribution in [2.24, 2.45) is 0 Å². The summed E-state index contributed by atoms with van der Waals surface area (Å²) in [5, 5.41) is 4.46. The Bertz CT molecular complexity index is 549. The second-order valence-electron chi connectivity index (χ2n) is 4.23. The lowest BCUT2D eigenvalue weighted by atomic mass is 10.1. The molecular formula is C12H16N4O. The summed E-state index contributed by atoms with van der Waals surface area (Å²) in [5.74, 6) is 0.928. The number of hydrogen-bond acceptors (Lipinski definition) is 4. The summed E-state index contributed by atoms with van der Waals surface area (Å²) in [7, 11) is 1.76. The maximum atomic E-state index is 5.57. The zero-order valence-corrected chi connectivity index (χ0v) is 10.1. The zero-order valence-electron chi connectivity index (χ0n) is 10.1. The number of nitrogens with zero attached hydrogens (tertiary/aromatic N) is 3. The minimum absolute atomic E-state index is 0.130. The van der Waals surface area contributed by atoms with Crippen LogP contribution in [-0.4, -0.2) is 28.2 Å². The molecule has 3 heterocycles. The van der Waals surface area contributed by atoms with E-state index in [1.807, 2.05) is 0 Å². The summed E-state index contributed by atoms with van der Waals surface area (Å²) in [4.78, 5) is 8.70. The lowest BCUT2D eigenvalue weighted by Crippen LogP contribution is -2.07. The Labute approximate surface area is 99.8 Å². The van der Waals surface area contributed by atoms with E-state index in [0.29, 0.717) is 0 Å². The molecule has 1 aliphatic rings. The molecule has 1 N–H and O–H groups in total. The van der Waals surface area contributed by atoms with Gasteiger partial charge in [0.1, 0.15) is 17.8 Å². The Morgan fingerprint density at radius 2 is 2.41 bits per heavy atom.